The van der Waals surface area contributed by atoms with Crippen LogP contribution in [0.1, 0.15) is 5.56 Å². The number of nitro groups is 1. The molecule has 31 heavy (non-hydrogen) atoms. The van der Waals surface area contributed by atoms with Crippen molar-refractivity contribution in [1.82, 2.24) is 9.62 Å². The Morgan fingerprint density at radius 2 is 1.74 bits per heavy atom. The minimum Gasteiger partial charge on any atom is -0.493 e. The van der Waals surface area contributed by atoms with Crippen LogP contribution in [-0.2, 0) is 21.2 Å². The number of methoxy groups -OCH3 is 2. The van der Waals surface area contributed by atoms with E-state index < -0.39 is 33.2 Å². The summed E-state index contributed by atoms with van der Waals surface area (Å²) in [6.07, 6.45) is 0.108. The van der Waals surface area contributed by atoms with E-state index in [4.69, 9.17) is 9.47 Å². The van der Waals surface area contributed by atoms with E-state index in [2.05, 4.69) is 5.32 Å². The van der Waals surface area contributed by atoms with Crippen molar-refractivity contribution in [3.8, 4) is 11.5 Å². The number of benzene rings is 2. The molecule has 0 radical (unpaired) electrons. The number of carbonyl (C=O) groups excluding carboxylic acids is 1. The van der Waals surface area contributed by atoms with E-state index in [0.29, 0.717) is 11.3 Å². The van der Waals surface area contributed by atoms with Gasteiger partial charge in [-0.05, 0) is 36.8 Å². The van der Waals surface area contributed by atoms with E-state index in [1.807, 2.05) is 0 Å². The van der Waals surface area contributed by atoms with Crippen molar-refractivity contribution in [3.63, 3.8) is 0 Å². The number of hydrogen-bond donors (Lipinski definition) is 1. The number of likely N-dealkylation sites (N-methyl/N-ethyl adjacent to an activating group) is 1. The summed E-state index contributed by atoms with van der Waals surface area (Å²) < 4.78 is 48.9. The molecule has 168 valence electrons. The number of carbonyl (C=O) groups is 1. The number of amides is 1. The Labute approximate surface area is 178 Å². The van der Waals surface area contributed by atoms with E-state index in [-0.39, 0.29) is 29.3 Å². The van der Waals surface area contributed by atoms with Gasteiger partial charge in [-0.3, -0.25) is 14.9 Å². The van der Waals surface area contributed by atoms with Crippen molar-refractivity contribution < 1.29 is 32.0 Å². The lowest BCUT2D eigenvalue weighted by Crippen LogP contribution is -2.39. The van der Waals surface area contributed by atoms with Crippen LogP contribution in [0.25, 0.3) is 0 Å². The molecular formula is C19H22FN3O7S. The smallest absolute Gasteiger partial charge is 0.276 e. The maximum atomic E-state index is 13.0. The predicted octanol–water partition coefficient (Wildman–Crippen LogP) is 1.73. The van der Waals surface area contributed by atoms with Crippen molar-refractivity contribution in [1.29, 1.82) is 0 Å². The summed E-state index contributed by atoms with van der Waals surface area (Å²) in [6, 6.07) is 6.92. The molecule has 0 atom stereocenters. The largest absolute Gasteiger partial charge is 0.493 e. The molecule has 1 N–H and O–H groups in total. The minimum absolute atomic E-state index is 0.0274. The summed E-state index contributed by atoms with van der Waals surface area (Å²) in [5.74, 6) is -0.672. The Kier molecular flexibility index (Phi) is 7.89. The van der Waals surface area contributed by atoms with E-state index in [9.17, 15) is 27.7 Å². The lowest BCUT2D eigenvalue weighted by atomic mass is 10.1. The van der Waals surface area contributed by atoms with Crippen LogP contribution in [0, 0.1) is 15.9 Å². The Morgan fingerprint density at radius 3 is 2.29 bits per heavy atom. The van der Waals surface area contributed by atoms with Crippen molar-refractivity contribution in [2.75, 3.05) is 34.4 Å². The van der Waals surface area contributed by atoms with Crippen LogP contribution in [0.5, 0.6) is 11.5 Å². The van der Waals surface area contributed by atoms with E-state index in [1.165, 1.54) is 33.4 Å². The topological polar surface area (TPSA) is 128 Å². The molecule has 0 unspecified atom stereocenters. The Balaban J connectivity index is 2.02. The van der Waals surface area contributed by atoms with Gasteiger partial charge in [0.2, 0.25) is 15.9 Å². The van der Waals surface area contributed by atoms with Gasteiger partial charge in [0.05, 0.1) is 36.6 Å². The lowest BCUT2D eigenvalue weighted by molar-refractivity contribution is -0.385. The van der Waals surface area contributed by atoms with Crippen molar-refractivity contribution in [2.45, 2.75) is 11.3 Å². The van der Waals surface area contributed by atoms with Crippen molar-refractivity contribution in [2.24, 2.45) is 0 Å². The van der Waals surface area contributed by atoms with Crippen LogP contribution < -0.4 is 14.8 Å². The third-order valence-electron chi connectivity index (χ3n) is 4.39. The SMILES string of the molecule is COc1cc(CCNC(=O)CN(C)S(=O)(=O)c2ccc(F)cc2)c([N+](=O)[O-])cc1OC. The highest BCUT2D eigenvalue weighted by Gasteiger charge is 2.23. The van der Waals surface area contributed by atoms with Crippen LogP contribution in [-0.4, -0.2) is 57.9 Å². The Hall–Kier alpha value is -3.25. The van der Waals surface area contributed by atoms with Gasteiger partial charge >= 0.3 is 0 Å². The predicted molar refractivity (Wildman–Crippen MR) is 109 cm³/mol. The Bertz CT molecular complexity index is 1060. The molecule has 2 aromatic rings. The zero-order valence-electron chi connectivity index (χ0n) is 17.1. The second-order valence-corrected chi connectivity index (χ2v) is 8.45. The molecule has 0 fully saturated rings. The average Bonchev–Trinajstić information content (AvgIpc) is 2.73. The third-order valence-corrected chi connectivity index (χ3v) is 6.20. The van der Waals surface area contributed by atoms with Crippen LogP contribution >= 0.6 is 0 Å². The molecule has 0 aliphatic heterocycles. The molecule has 0 spiro atoms. The fourth-order valence-corrected chi connectivity index (χ4v) is 3.87. The number of nitro benzene ring substituents is 1. The summed E-state index contributed by atoms with van der Waals surface area (Å²) in [5.41, 5.74) is 0.123. The van der Waals surface area contributed by atoms with Crippen molar-refractivity contribution >= 4 is 21.6 Å². The summed E-state index contributed by atoms with van der Waals surface area (Å²) in [5, 5.41) is 13.9. The number of rotatable bonds is 10. The molecule has 0 aliphatic rings. The summed E-state index contributed by atoms with van der Waals surface area (Å²) in [7, 11) is -0.00232. The molecule has 2 aromatic carbocycles. The molecule has 12 heteroatoms. The summed E-state index contributed by atoms with van der Waals surface area (Å²) in [4.78, 5) is 22.8. The second-order valence-electron chi connectivity index (χ2n) is 6.41. The van der Waals surface area contributed by atoms with Crippen LogP contribution in [0.2, 0.25) is 0 Å². The first kappa shape index (κ1) is 24.0. The second kappa shape index (κ2) is 10.2. The van der Waals surface area contributed by atoms with E-state index in [0.717, 1.165) is 28.6 Å². The number of nitrogens with one attached hydrogen (secondary N) is 1. The van der Waals surface area contributed by atoms with Gasteiger partial charge in [0.15, 0.2) is 11.5 Å². The number of nitrogens with zero attached hydrogens (tertiary/aromatic N) is 2. The quantitative estimate of drug-likeness (QED) is 0.427. The first-order chi connectivity index (χ1) is 14.6. The fourth-order valence-electron chi connectivity index (χ4n) is 2.75. The van der Waals surface area contributed by atoms with Crippen molar-refractivity contribution in [3.05, 3.63) is 57.9 Å². The third kappa shape index (κ3) is 5.89. The van der Waals surface area contributed by atoms with Gasteiger partial charge in [-0.1, -0.05) is 0 Å². The standard InChI is InChI=1S/C19H22FN3O7S/c1-22(31(27,28)15-6-4-14(20)5-7-15)12-19(24)21-9-8-13-10-17(29-2)18(30-3)11-16(13)23(25)26/h4-7,10-11H,8-9,12H2,1-3H3,(H,21,24). The van der Waals surface area contributed by atoms with Crippen LogP contribution in [0.3, 0.4) is 0 Å². The molecule has 0 heterocycles. The number of hydrogen-bond acceptors (Lipinski definition) is 7. The van der Waals surface area contributed by atoms with Crippen LogP contribution in [0.15, 0.2) is 41.3 Å². The molecular weight excluding hydrogens is 433 g/mol. The van der Waals surface area contributed by atoms with Gasteiger partial charge in [-0.15, -0.1) is 0 Å². The minimum atomic E-state index is -3.98. The highest BCUT2D eigenvalue weighted by molar-refractivity contribution is 7.89. The molecule has 1 amide bonds. The summed E-state index contributed by atoms with van der Waals surface area (Å²) in [6.45, 7) is -0.451. The average molecular weight is 455 g/mol. The van der Waals surface area contributed by atoms with E-state index in [1.54, 1.807) is 0 Å². The van der Waals surface area contributed by atoms with Gasteiger partial charge in [-0.2, -0.15) is 4.31 Å². The van der Waals surface area contributed by atoms with Gasteiger partial charge in [0, 0.05) is 19.2 Å². The van der Waals surface area contributed by atoms with Gasteiger partial charge in [0.1, 0.15) is 5.82 Å². The molecule has 2 rings (SSSR count). The highest BCUT2D eigenvalue weighted by Crippen LogP contribution is 2.34. The molecule has 0 saturated carbocycles. The monoisotopic (exact) mass is 455 g/mol. The number of sulfonamides is 1. The normalized spacial score (nSPS) is 11.3. The lowest BCUT2D eigenvalue weighted by Gasteiger charge is -2.17. The molecule has 0 saturated heterocycles. The van der Waals surface area contributed by atoms with Gasteiger partial charge < -0.3 is 14.8 Å². The van der Waals surface area contributed by atoms with E-state index >= 15 is 0 Å². The Morgan fingerprint density at radius 1 is 1.16 bits per heavy atom. The van der Waals surface area contributed by atoms with Gasteiger partial charge in [0.25, 0.3) is 5.69 Å². The fraction of sp³-hybridized carbons (Fsp3) is 0.316. The highest BCUT2D eigenvalue weighted by atomic mass is 32.2. The maximum Gasteiger partial charge on any atom is 0.276 e. The molecule has 10 nitrogen and oxygen atoms in total. The first-order valence-electron chi connectivity index (χ1n) is 8.98. The first-order valence-corrected chi connectivity index (χ1v) is 10.4. The zero-order valence-corrected chi connectivity index (χ0v) is 17.9. The van der Waals surface area contributed by atoms with Crippen LogP contribution in [0.4, 0.5) is 10.1 Å². The molecule has 0 aromatic heterocycles. The molecule has 0 aliphatic carbocycles. The molecule has 0 bridgehead atoms. The number of ether oxygens (including phenoxy) is 2. The zero-order chi connectivity index (χ0) is 23.2. The number of halogens is 1. The maximum absolute atomic E-state index is 13.0. The van der Waals surface area contributed by atoms with Gasteiger partial charge in [-0.25, -0.2) is 12.8 Å². The summed E-state index contributed by atoms with van der Waals surface area (Å²) >= 11 is 0.